The number of hydrogen-bond donors (Lipinski definition) is 4. The van der Waals surface area contributed by atoms with E-state index in [0.29, 0.717) is 23.2 Å². The van der Waals surface area contributed by atoms with Crippen LogP contribution in [0.2, 0.25) is 0 Å². The fraction of sp³-hybridized carbons (Fsp3) is 0.143. The van der Waals surface area contributed by atoms with Crippen molar-refractivity contribution in [1.29, 1.82) is 0 Å². The second kappa shape index (κ2) is 6.38. The van der Waals surface area contributed by atoms with E-state index in [9.17, 15) is 4.79 Å². The Kier molecular flexibility index (Phi) is 4.12. The Bertz CT molecular complexity index is 893. The maximum atomic E-state index is 11.7. The Hall–Kier alpha value is -3.40. The van der Waals surface area contributed by atoms with E-state index in [1.807, 2.05) is 0 Å². The van der Waals surface area contributed by atoms with Crippen molar-refractivity contribution in [3.8, 4) is 5.88 Å². The summed E-state index contributed by atoms with van der Waals surface area (Å²) in [6.07, 6.45) is 2.93. The molecule has 3 aromatic heterocycles. The van der Waals surface area contributed by atoms with Crippen molar-refractivity contribution >= 4 is 28.9 Å². The summed E-state index contributed by atoms with van der Waals surface area (Å²) >= 11 is 0. The number of carbonyl (C=O) groups is 1. The lowest BCUT2D eigenvalue weighted by Gasteiger charge is -2.11. The molecule has 24 heavy (non-hydrogen) atoms. The van der Waals surface area contributed by atoms with Crippen LogP contribution in [0, 0.1) is 0 Å². The van der Waals surface area contributed by atoms with Crippen LogP contribution >= 0.6 is 0 Å². The second-order valence-corrected chi connectivity index (χ2v) is 4.70. The molecule has 10 nitrogen and oxygen atoms in total. The van der Waals surface area contributed by atoms with Gasteiger partial charge in [-0.15, -0.1) is 0 Å². The molecular weight excluding hydrogens is 314 g/mol. The highest BCUT2D eigenvalue weighted by atomic mass is 16.5. The van der Waals surface area contributed by atoms with Gasteiger partial charge in [0.05, 0.1) is 13.3 Å². The number of pyridine rings is 1. The summed E-state index contributed by atoms with van der Waals surface area (Å²) in [5, 5.41) is 19.0. The summed E-state index contributed by atoms with van der Waals surface area (Å²) in [6.45, 7) is 0. The largest absolute Gasteiger partial charge is 0.480 e. The molecule has 0 saturated heterocycles. The molecule has 124 valence electrons. The lowest BCUT2D eigenvalue weighted by atomic mass is 10.3. The summed E-state index contributed by atoms with van der Waals surface area (Å²) in [6, 6.07) is 5.26. The van der Waals surface area contributed by atoms with Gasteiger partial charge in [0.25, 0.3) is 5.91 Å². The van der Waals surface area contributed by atoms with Crippen LogP contribution in [0.15, 0.2) is 30.6 Å². The standard InChI is InChI=1S/C14H15N7O3/c1-15-11-6-10(18-9-4-3-5-16-14(9)24-2)19-12-8(13(22)20-23)7-17-21(11)12/h3-7,15,23H,1-2H3,(H,18,19)(H,20,22). The lowest BCUT2D eigenvalue weighted by molar-refractivity contribution is 0.0708. The molecule has 0 unspecified atom stereocenters. The number of methoxy groups -OCH3 is 1. The zero-order valence-electron chi connectivity index (χ0n) is 12.9. The molecule has 3 heterocycles. The molecule has 3 aromatic rings. The van der Waals surface area contributed by atoms with Crippen LogP contribution < -0.4 is 20.9 Å². The van der Waals surface area contributed by atoms with Crippen molar-refractivity contribution in [2.24, 2.45) is 0 Å². The average Bonchev–Trinajstić information content (AvgIpc) is 3.04. The molecule has 0 bridgehead atoms. The SMILES string of the molecule is CNc1cc(Nc2cccnc2OC)nc2c(C(=O)NO)cnn12. The summed E-state index contributed by atoms with van der Waals surface area (Å²) < 4.78 is 6.65. The van der Waals surface area contributed by atoms with E-state index in [0.717, 1.165) is 0 Å². The van der Waals surface area contributed by atoms with Gasteiger partial charge < -0.3 is 15.4 Å². The number of rotatable bonds is 5. The van der Waals surface area contributed by atoms with Crippen LogP contribution in [0.25, 0.3) is 5.65 Å². The summed E-state index contributed by atoms with van der Waals surface area (Å²) in [4.78, 5) is 20.2. The van der Waals surface area contributed by atoms with Gasteiger partial charge in [0.1, 0.15) is 22.9 Å². The monoisotopic (exact) mass is 329 g/mol. The van der Waals surface area contributed by atoms with Crippen molar-refractivity contribution in [3.05, 3.63) is 36.2 Å². The smallest absolute Gasteiger partial charge is 0.280 e. The number of carbonyl (C=O) groups excluding carboxylic acids is 1. The molecule has 0 fully saturated rings. The molecule has 10 heteroatoms. The number of fused-ring (bicyclic) bond motifs is 1. The normalized spacial score (nSPS) is 10.5. The first kappa shape index (κ1) is 15.5. The number of hydrogen-bond acceptors (Lipinski definition) is 8. The molecule has 0 aliphatic heterocycles. The summed E-state index contributed by atoms with van der Waals surface area (Å²) in [7, 11) is 3.24. The lowest BCUT2D eigenvalue weighted by Crippen LogP contribution is -2.18. The highest BCUT2D eigenvalue weighted by Gasteiger charge is 2.17. The van der Waals surface area contributed by atoms with Crippen LogP contribution in [-0.4, -0.2) is 44.9 Å². The van der Waals surface area contributed by atoms with Crippen molar-refractivity contribution in [2.75, 3.05) is 24.8 Å². The van der Waals surface area contributed by atoms with E-state index in [1.165, 1.54) is 17.8 Å². The van der Waals surface area contributed by atoms with Crippen molar-refractivity contribution in [2.45, 2.75) is 0 Å². The Balaban J connectivity index is 2.09. The summed E-state index contributed by atoms with van der Waals surface area (Å²) in [5.74, 6) is 0.760. The third-order valence-corrected chi connectivity index (χ3v) is 3.30. The molecule has 0 spiro atoms. The minimum absolute atomic E-state index is 0.135. The second-order valence-electron chi connectivity index (χ2n) is 4.70. The minimum atomic E-state index is -0.698. The van der Waals surface area contributed by atoms with Gasteiger partial charge in [0.2, 0.25) is 5.88 Å². The molecule has 4 N–H and O–H groups in total. The molecule has 0 aromatic carbocycles. The third kappa shape index (κ3) is 2.65. The van der Waals surface area contributed by atoms with Crippen molar-refractivity contribution < 1.29 is 14.7 Å². The van der Waals surface area contributed by atoms with E-state index in [1.54, 1.807) is 36.9 Å². The van der Waals surface area contributed by atoms with Gasteiger partial charge in [-0.1, -0.05) is 0 Å². The quantitative estimate of drug-likeness (QED) is 0.404. The Morgan fingerprint density at radius 1 is 1.42 bits per heavy atom. The molecule has 3 rings (SSSR count). The van der Waals surface area contributed by atoms with Gasteiger partial charge in [0, 0.05) is 19.3 Å². The molecule has 0 saturated carbocycles. The van der Waals surface area contributed by atoms with Crippen LogP contribution in [0.4, 0.5) is 17.3 Å². The number of nitrogens with zero attached hydrogens (tertiary/aromatic N) is 4. The molecule has 1 amide bonds. The number of nitrogens with one attached hydrogen (secondary N) is 3. The zero-order valence-corrected chi connectivity index (χ0v) is 12.9. The number of hydroxylamine groups is 1. The van der Waals surface area contributed by atoms with Crippen LogP contribution in [-0.2, 0) is 0 Å². The fourth-order valence-corrected chi connectivity index (χ4v) is 2.21. The first-order chi connectivity index (χ1) is 11.7. The topological polar surface area (TPSA) is 126 Å². The molecule has 0 aliphatic carbocycles. The van der Waals surface area contributed by atoms with E-state index < -0.39 is 5.91 Å². The first-order valence-electron chi connectivity index (χ1n) is 6.95. The number of ether oxygens (including phenoxy) is 1. The maximum Gasteiger partial charge on any atom is 0.280 e. The van der Waals surface area contributed by atoms with Gasteiger partial charge in [0.15, 0.2) is 5.65 Å². The number of aromatic nitrogens is 4. The maximum absolute atomic E-state index is 11.7. The van der Waals surface area contributed by atoms with E-state index >= 15 is 0 Å². The van der Waals surface area contributed by atoms with E-state index in [2.05, 4.69) is 25.7 Å². The Morgan fingerprint density at radius 3 is 2.96 bits per heavy atom. The third-order valence-electron chi connectivity index (χ3n) is 3.30. The van der Waals surface area contributed by atoms with Gasteiger partial charge >= 0.3 is 0 Å². The van der Waals surface area contributed by atoms with Gasteiger partial charge in [-0.3, -0.25) is 10.0 Å². The summed E-state index contributed by atoms with van der Waals surface area (Å²) in [5.41, 5.74) is 2.61. The van der Waals surface area contributed by atoms with E-state index in [-0.39, 0.29) is 11.2 Å². The predicted octanol–water partition coefficient (Wildman–Crippen LogP) is 1.04. The highest BCUT2D eigenvalue weighted by Crippen LogP contribution is 2.26. The fourth-order valence-electron chi connectivity index (χ4n) is 2.21. The number of amides is 1. The molecule has 0 aliphatic rings. The van der Waals surface area contributed by atoms with Crippen molar-refractivity contribution in [3.63, 3.8) is 0 Å². The molecule has 0 radical (unpaired) electrons. The van der Waals surface area contributed by atoms with Gasteiger partial charge in [-0.25, -0.2) is 15.4 Å². The predicted molar refractivity (Wildman–Crippen MR) is 85.9 cm³/mol. The van der Waals surface area contributed by atoms with Crippen LogP contribution in [0.5, 0.6) is 5.88 Å². The van der Waals surface area contributed by atoms with Crippen LogP contribution in [0.1, 0.15) is 10.4 Å². The molecular formula is C14H15N7O3. The minimum Gasteiger partial charge on any atom is -0.480 e. The van der Waals surface area contributed by atoms with Crippen molar-refractivity contribution in [1.82, 2.24) is 25.1 Å². The zero-order chi connectivity index (χ0) is 17.1. The van der Waals surface area contributed by atoms with Gasteiger partial charge in [-0.2, -0.15) is 9.61 Å². The first-order valence-corrected chi connectivity index (χ1v) is 6.95. The van der Waals surface area contributed by atoms with Gasteiger partial charge in [-0.05, 0) is 12.1 Å². The Morgan fingerprint density at radius 2 is 2.25 bits per heavy atom. The van der Waals surface area contributed by atoms with E-state index in [4.69, 9.17) is 9.94 Å². The molecule has 0 atom stereocenters. The average molecular weight is 329 g/mol. The highest BCUT2D eigenvalue weighted by molar-refractivity contribution is 5.99. The Labute approximate surface area is 136 Å². The number of anilines is 3. The van der Waals surface area contributed by atoms with Crippen LogP contribution in [0.3, 0.4) is 0 Å².